The molecule has 3 N–H and O–H groups in total. The number of carbonyl (C=O) groups excluding carboxylic acids is 1. The van der Waals surface area contributed by atoms with Gasteiger partial charge in [0.1, 0.15) is 11.4 Å². The predicted molar refractivity (Wildman–Crippen MR) is 91.7 cm³/mol. The third kappa shape index (κ3) is 4.79. The van der Waals surface area contributed by atoms with E-state index in [1.807, 2.05) is 39.0 Å². The molecule has 0 aliphatic carbocycles. The Morgan fingerprint density at radius 1 is 1.30 bits per heavy atom. The number of hydrogen-bond acceptors (Lipinski definition) is 4. The number of aryl methyl sites for hydroxylation is 1. The van der Waals surface area contributed by atoms with E-state index in [0.29, 0.717) is 24.4 Å². The molecule has 2 rings (SSSR count). The minimum Gasteiger partial charge on any atom is -0.437 e. The monoisotopic (exact) mass is 313 g/mol. The zero-order valence-corrected chi connectivity index (χ0v) is 13.8. The Balaban J connectivity index is 2.14. The predicted octanol–water partition coefficient (Wildman–Crippen LogP) is 3.56. The molecule has 1 aromatic carbocycles. The Hall–Kier alpha value is -2.40. The number of benzene rings is 1. The minimum atomic E-state index is -0.0962. The highest BCUT2D eigenvalue weighted by molar-refractivity contribution is 5.91. The second-order valence-electron chi connectivity index (χ2n) is 5.72. The molecule has 5 heteroatoms. The van der Waals surface area contributed by atoms with Crippen LogP contribution in [0.4, 0.5) is 5.69 Å². The number of pyridine rings is 1. The Labute approximate surface area is 136 Å². The molecule has 1 unspecified atom stereocenters. The highest BCUT2D eigenvalue weighted by atomic mass is 16.5. The molecule has 0 fully saturated rings. The Morgan fingerprint density at radius 2 is 2.09 bits per heavy atom. The molecule has 0 aliphatic rings. The first-order chi connectivity index (χ1) is 11.0. The van der Waals surface area contributed by atoms with E-state index >= 15 is 0 Å². The normalized spacial score (nSPS) is 11.8. The van der Waals surface area contributed by atoms with Gasteiger partial charge in [-0.1, -0.05) is 12.1 Å². The molecule has 1 aromatic heterocycles. The number of aromatic nitrogens is 1. The van der Waals surface area contributed by atoms with Crippen LogP contribution in [0.5, 0.6) is 11.6 Å². The molecule has 0 saturated carbocycles. The van der Waals surface area contributed by atoms with Crippen molar-refractivity contribution in [3.05, 3.63) is 47.7 Å². The lowest BCUT2D eigenvalue weighted by molar-refractivity contribution is -0.116. The van der Waals surface area contributed by atoms with Crippen molar-refractivity contribution in [1.29, 1.82) is 0 Å². The van der Waals surface area contributed by atoms with E-state index < -0.39 is 0 Å². The van der Waals surface area contributed by atoms with Gasteiger partial charge in [-0.15, -0.1) is 0 Å². The molecule has 2 aromatic rings. The van der Waals surface area contributed by atoms with Crippen LogP contribution in [-0.4, -0.2) is 16.9 Å². The lowest BCUT2D eigenvalue weighted by Crippen LogP contribution is -2.19. The molecule has 5 nitrogen and oxygen atoms in total. The molecule has 0 radical (unpaired) electrons. The van der Waals surface area contributed by atoms with Crippen LogP contribution >= 0.6 is 0 Å². The van der Waals surface area contributed by atoms with Gasteiger partial charge in [0.05, 0.1) is 0 Å². The maximum absolute atomic E-state index is 12.0. The fourth-order valence-electron chi connectivity index (χ4n) is 2.08. The molecular weight excluding hydrogens is 290 g/mol. The van der Waals surface area contributed by atoms with E-state index in [2.05, 4.69) is 10.3 Å². The van der Waals surface area contributed by atoms with Crippen molar-refractivity contribution in [2.24, 2.45) is 5.73 Å². The summed E-state index contributed by atoms with van der Waals surface area (Å²) in [7, 11) is 0. The number of nitrogens with one attached hydrogen (secondary N) is 1. The van der Waals surface area contributed by atoms with Crippen LogP contribution in [-0.2, 0) is 4.79 Å². The zero-order valence-electron chi connectivity index (χ0n) is 13.8. The van der Waals surface area contributed by atoms with Crippen LogP contribution in [0.15, 0.2) is 36.5 Å². The number of anilines is 1. The second-order valence-corrected chi connectivity index (χ2v) is 5.72. The van der Waals surface area contributed by atoms with Gasteiger partial charge in [-0.05, 0) is 56.5 Å². The quantitative estimate of drug-likeness (QED) is 0.855. The maximum Gasteiger partial charge on any atom is 0.243 e. The number of amides is 1. The van der Waals surface area contributed by atoms with Crippen molar-refractivity contribution in [3.63, 3.8) is 0 Å². The van der Waals surface area contributed by atoms with Gasteiger partial charge in [0, 0.05) is 18.7 Å². The fraction of sp³-hybridized carbons (Fsp3) is 0.333. The topological polar surface area (TPSA) is 77.2 Å². The number of carbonyl (C=O) groups is 1. The standard InChI is InChI=1S/C18H23N3O2/c1-12-6-4-8-16(14(12)3)23-18-15(7-5-11-20-18)21-17(22)10-9-13(2)19/h4-8,11,13H,9-10,19H2,1-3H3,(H,21,22). The van der Waals surface area contributed by atoms with E-state index in [1.54, 1.807) is 18.3 Å². The molecule has 1 heterocycles. The van der Waals surface area contributed by atoms with Crippen molar-refractivity contribution < 1.29 is 9.53 Å². The van der Waals surface area contributed by atoms with Gasteiger partial charge < -0.3 is 15.8 Å². The summed E-state index contributed by atoms with van der Waals surface area (Å²) in [5.41, 5.74) is 8.43. The maximum atomic E-state index is 12.0. The first kappa shape index (κ1) is 17.0. The Bertz CT molecular complexity index is 684. The summed E-state index contributed by atoms with van der Waals surface area (Å²) in [5.74, 6) is 1.02. The van der Waals surface area contributed by atoms with Crippen LogP contribution in [0.2, 0.25) is 0 Å². The molecule has 23 heavy (non-hydrogen) atoms. The van der Waals surface area contributed by atoms with Crippen molar-refractivity contribution in [2.45, 2.75) is 39.7 Å². The summed E-state index contributed by atoms with van der Waals surface area (Å²) < 4.78 is 5.90. The first-order valence-electron chi connectivity index (χ1n) is 7.72. The average Bonchev–Trinajstić information content (AvgIpc) is 2.51. The Morgan fingerprint density at radius 3 is 2.83 bits per heavy atom. The minimum absolute atomic E-state index is 0.000289. The van der Waals surface area contributed by atoms with Gasteiger partial charge in [0.25, 0.3) is 0 Å². The molecule has 1 atom stereocenters. The zero-order chi connectivity index (χ0) is 16.8. The highest BCUT2D eigenvalue weighted by Gasteiger charge is 2.12. The largest absolute Gasteiger partial charge is 0.437 e. The first-order valence-corrected chi connectivity index (χ1v) is 7.72. The van der Waals surface area contributed by atoms with Crippen molar-refractivity contribution in [3.8, 4) is 11.6 Å². The van der Waals surface area contributed by atoms with Crippen molar-refractivity contribution >= 4 is 11.6 Å². The molecule has 0 bridgehead atoms. The summed E-state index contributed by atoms with van der Waals surface area (Å²) in [6, 6.07) is 9.38. The average molecular weight is 313 g/mol. The van der Waals surface area contributed by atoms with E-state index in [4.69, 9.17) is 10.5 Å². The summed E-state index contributed by atoms with van der Waals surface area (Å²) in [6.45, 7) is 5.90. The van der Waals surface area contributed by atoms with E-state index in [-0.39, 0.29) is 11.9 Å². The molecule has 0 spiro atoms. The van der Waals surface area contributed by atoms with Crippen molar-refractivity contribution in [1.82, 2.24) is 4.98 Å². The number of nitrogens with zero attached hydrogens (tertiary/aromatic N) is 1. The van der Waals surface area contributed by atoms with Crippen LogP contribution in [0.25, 0.3) is 0 Å². The van der Waals surface area contributed by atoms with Crippen LogP contribution in [0.1, 0.15) is 30.9 Å². The Kier molecular flexibility index (Phi) is 5.71. The van der Waals surface area contributed by atoms with Gasteiger partial charge >= 0.3 is 0 Å². The van der Waals surface area contributed by atoms with E-state index in [0.717, 1.165) is 16.9 Å². The third-order valence-electron chi connectivity index (χ3n) is 3.63. The molecule has 122 valence electrons. The molecule has 0 aliphatic heterocycles. The molecule has 0 saturated heterocycles. The number of hydrogen-bond donors (Lipinski definition) is 2. The fourth-order valence-corrected chi connectivity index (χ4v) is 2.08. The molecular formula is C18H23N3O2. The lowest BCUT2D eigenvalue weighted by Gasteiger charge is -2.13. The van der Waals surface area contributed by atoms with Gasteiger partial charge in [0.15, 0.2) is 0 Å². The van der Waals surface area contributed by atoms with Crippen LogP contribution in [0, 0.1) is 13.8 Å². The van der Waals surface area contributed by atoms with Crippen LogP contribution in [0.3, 0.4) is 0 Å². The third-order valence-corrected chi connectivity index (χ3v) is 3.63. The van der Waals surface area contributed by atoms with Gasteiger partial charge in [-0.3, -0.25) is 4.79 Å². The summed E-state index contributed by atoms with van der Waals surface area (Å²) in [4.78, 5) is 16.2. The smallest absolute Gasteiger partial charge is 0.243 e. The molecule has 1 amide bonds. The van der Waals surface area contributed by atoms with E-state index in [9.17, 15) is 4.79 Å². The number of rotatable bonds is 6. The van der Waals surface area contributed by atoms with Gasteiger partial charge in [-0.25, -0.2) is 4.98 Å². The van der Waals surface area contributed by atoms with E-state index in [1.165, 1.54) is 0 Å². The summed E-state index contributed by atoms with van der Waals surface area (Å²) in [5, 5.41) is 2.84. The number of nitrogens with two attached hydrogens (primary N) is 1. The lowest BCUT2D eigenvalue weighted by atomic mass is 10.1. The number of ether oxygens (including phenoxy) is 1. The van der Waals surface area contributed by atoms with Gasteiger partial charge in [0.2, 0.25) is 11.8 Å². The highest BCUT2D eigenvalue weighted by Crippen LogP contribution is 2.30. The summed E-state index contributed by atoms with van der Waals surface area (Å²) >= 11 is 0. The van der Waals surface area contributed by atoms with Gasteiger partial charge in [-0.2, -0.15) is 0 Å². The van der Waals surface area contributed by atoms with Crippen LogP contribution < -0.4 is 15.8 Å². The summed E-state index contributed by atoms with van der Waals surface area (Å²) in [6.07, 6.45) is 2.65. The van der Waals surface area contributed by atoms with Crippen molar-refractivity contribution in [2.75, 3.05) is 5.32 Å². The SMILES string of the molecule is Cc1cccc(Oc2ncccc2NC(=O)CCC(C)N)c1C. The second kappa shape index (κ2) is 7.74.